The highest BCUT2D eigenvalue weighted by atomic mass is 14.4. The molecule has 0 amide bonds. The van der Waals surface area contributed by atoms with E-state index in [1.165, 1.54) is 99.1 Å². The van der Waals surface area contributed by atoms with Crippen LogP contribution in [0.25, 0.3) is 76.8 Å². The molecule has 2 aliphatic rings. The van der Waals surface area contributed by atoms with Crippen LogP contribution in [0.1, 0.15) is 36.1 Å². The Morgan fingerprint density at radius 2 is 0.932 bits per heavy atom. The topological polar surface area (TPSA) is 0 Å². The van der Waals surface area contributed by atoms with Gasteiger partial charge in [-0.25, -0.2) is 0 Å². The van der Waals surface area contributed by atoms with Crippen LogP contribution in [0.4, 0.5) is 0 Å². The molecule has 0 heteroatoms. The summed E-state index contributed by atoms with van der Waals surface area (Å²) in [5.74, 6) is 0. The second-order valence-corrected chi connectivity index (χ2v) is 13.3. The number of fused-ring (bicyclic) bond motifs is 6. The molecular weight excluding hydrogens is 528 g/mol. The van der Waals surface area contributed by atoms with Crippen molar-refractivity contribution in [3.8, 4) is 44.5 Å². The molecule has 0 unspecified atom stereocenters. The van der Waals surface area contributed by atoms with E-state index < -0.39 is 0 Å². The van der Waals surface area contributed by atoms with Gasteiger partial charge in [0.2, 0.25) is 0 Å². The molecule has 206 valence electrons. The quantitative estimate of drug-likeness (QED) is 0.185. The summed E-state index contributed by atoms with van der Waals surface area (Å²) in [7, 11) is 0. The second-order valence-electron chi connectivity index (χ2n) is 13.3. The molecule has 8 aromatic carbocycles. The van der Waals surface area contributed by atoms with E-state index in [0.717, 1.165) is 6.42 Å². The Labute approximate surface area is 257 Å². The van der Waals surface area contributed by atoms with Gasteiger partial charge in [-0.3, -0.25) is 0 Å². The largest absolute Gasteiger partial charge is 0.0619 e. The smallest absolute Gasteiger partial charge is 0.0159 e. The van der Waals surface area contributed by atoms with Gasteiger partial charge in [0.25, 0.3) is 0 Å². The highest BCUT2D eigenvalue weighted by Gasteiger charge is 2.35. The minimum atomic E-state index is -0.0160. The molecule has 0 nitrogen and oxygen atoms in total. The first kappa shape index (κ1) is 24.3. The standard InChI is InChI=1S/C44H30/c1-44(2)40-10-6-5-9-36(40)37-20-16-30(25-41(37)44)34-18-12-27-13-21-38-33(17-11-26-14-22-39(34)43(27)42(26)38)29-15-19-35-31(24-29)23-28-7-3-4-8-32(28)35/h3-22,24-25H,23H2,1-2H3. The lowest BCUT2D eigenvalue weighted by molar-refractivity contribution is 0.660. The number of rotatable bonds is 2. The zero-order valence-corrected chi connectivity index (χ0v) is 24.9. The van der Waals surface area contributed by atoms with Gasteiger partial charge in [0, 0.05) is 5.41 Å². The molecule has 0 aliphatic heterocycles. The number of benzene rings is 8. The fourth-order valence-electron chi connectivity index (χ4n) is 8.49. The van der Waals surface area contributed by atoms with Crippen molar-refractivity contribution in [2.24, 2.45) is 0 Å². The average molecular weight is 559 g/mol. The van der Waals surface area contributed by atoms with E-state index in [0.29, 0.717) is 0 Å². The first-order valence-corrected chi connectivity index (χ1v) is 15.7. The first-order valence-electron chi connectivity index (χ1n) is 15.7. The molecule has 0 radical (unpaired) electrons. The predicted molar refractivity (Wildman–Crippen MR) is 187 cm³/mol. The van der Waals surface area contributed by atoms with Crippen molar-refractivity contribution in [1.82, 2.24) is 0 Å². The van der Waals surface area contributed by atoms with E-state index >= 15 is 0 Å². The first-order chi connectivity index (χ1) is 21.6. The van der Waals surface area contributed by atoms with Gasteiger partial charge in [0.05, 0.1) is 0 Å². The zero-order valence-electron chi connectivity index (χ0n) is 24.9. The fraction of sp³-hybridized carbons (Fsp3) is 0.0909. The van der Waals surface area contributed by atoms with Crippen LogP contribution < -0.4 is 0 Å². The lowest BCUT2D eigenvalue weighted by Gasteiger charge is -2.22. The van der Waals surface area contributed by atoms with Crippen LogP contribution in [0.2, 0.25) is 0 Å². The summed E-state index contributed by atoms with van der Waals surface area (Å²) < 4.78 is 0. The molecule has 0 saturated carbocycles. The van der Waals surface area contributed by atoms with Gasteiger partial charge in [0.1, 0.15) is 0 Å². The molecule has 10 rings (SSSR count). The number of hydrogen-bond donors (Lipinski definition) is 0. The van der Waals surface area contributed by atoms with E-state index in [1.54, 1.807) is 0 Å². The van der Waals surface area contributed by atoms with Crippen molar-refractivity contribution in [1.29, 1.82) is 0 Å². The van der Waals surface area contributed by atoms with Gasteiger partial charge < -0.3 is 0 Å². The molecule has 0 heterocycles. The van der Waals surface area contributed by atoms with E-state index in [9.17, 15) is 0 Å². The monoisotopic (exact) mass is 558 g/mol. The third-order valence-electron chi connectivity index (χ3n) is 10.7. The molecule has 0 spiro atoms. The Balaban J connectivity index is 1.16. The van der Waals surface area contributed by atoms with Crippen LogP contribution in [-0.4, -0.2) is 0 Å². The summed E-state index contributed by atoms with van der Waals surface area (Å²) in [5, 5.41) is 8.01. The van der Waals surface area contributed by atoms with Crippen molar-refractivity contribution in [2.45, 2.75) is 25.7 Å². The average Bonchev–Trinajstić information content (AvgIpc) is 3.55. The van der Waals surface area contributed by atoms with Crippen LogP contribution >= 0.6 is 0 Å². The van der Waals surface area contributed by atoms with E-state index in [4.69, 9.17) is 0 Å². The van der Waals surface area contributed by atoms with E-state index in [2.05, 4.69) is 147 Å². The van der Waals surface area contributed by atoms with E-state index in [-0.39, 0.29) is 5.41 Å². The maximum absolute atomic E-state index is 2.45. The van der Waals surface area contributed by atoms with Gasteiger partial charge in [-0.05, 0) is 112 Å². The molecule has 44 heavy (non-hydrogen) atoms. The van der Waals surface area contributed by atoms with Crippen molar-refractivity contribution in [2.75, 3.05) is 0 Å². The number of hydrogen-bond acceptors (Lipinski definition) is 0. The maximum Gasteiger partial charge on any atom is 0.0159 e. The molecule has 0 N–H and O–H groups in total. The SMILES string of the molecule is CC1(C)c2ccccc2-c2ccc(-c3ccc4ccc5c(-c6ccc7c(c6)Cc6ccccc6-7)ccc6ccc3c4c65)cc21. The molecule has 0 aromatic heterocycles. The summed E-state index contributed by atoms with van der Waals surface area (Å²) in [6.07, 6.45) is 1.01. The highest BCUT2D eigenvalue weighted by molar-refractivity contribution is 6.27. The van der Waals surface area contributed by atoms with Gasteiger partial charge in [-0.15, -0.1) is 0 Å². The van der Waals surface area contributed by atoms with Crippen molar-refractivity contribution in [3.05, 3.63) is 156 Å². The van der Waals surface area contributed by atoms with E-state index in [1.807, 2.05) is 0 Å². The van der Waals surface area contributed by atoms with Crippen molar-refractivity contribution >= 4 is 32.3 Å². The Hall–Kier alpha value is -5.20. The van der Waals surface area contributed by atoms with Gasteiger partial charge in [-0.1, -0.05) is 141 Å². The van der Waals surface area contributed by atoms with Crippen LogP contribution in [-0.2, 0) is 11.8 Å². The lowest BCUT2D eigenvalue weighted by Crippen LogP contribution is -2.14. The van der Waals surface area contributed by atoms with Crippen molar-refractivity contribution in [3.63, 3.8) is 0 Å². The molecule has 2 aliphatic carbocycles. The van der Waals surface area contributed by atoms with Gasteiger partial charge in [0.15, 0.2) is 0 Å². The zero-order chi connectivity index (χ0) is 29.2. The molecule has 0 atom stereocenters. The normalized spacial score (nSPS) is 14.2. The second kappa shape index (κ2) is 8.46. The minimum absolute atomic E-state index is 0.0160. The summed E-state index contributed by atoms with van der Waals surface area (Å²) >= 11 is 0. The van der Waals surface area contributed by atoms with Crippen LogP contribution in [0.5, 0.6) is 0 Å². The van der Waals surface area contributed by atoms with Crippen LogP contribution in [0.15, 0.2) is 133 Å². The third-order valence-corrected chi connectivity index (χ3v) is 10.7. The Morgan fingerprint density at radius 1 is 0.409 bits per heavy atom. The Morgan fingerprint density at radius 3 is 1.66 bits per heavy atom. The summed E-state index contributed by atoms with van der Waals surface area (Å²) in [6, 6.07) is 50.6. The Bertz CT molecular complexity index is 2490. The third kappa shape index (κ3) is 3.13. The molecule has 0 saturated heterocycles. The lowest BCUT2D eigenvalue weighted by atomic mass is 9.81. The minimum Gasteiger partial charge on any atom is -0.0619 e. The van der Waals surface area contributed by atoms with Gasteiger partial charge >= 0.3 is 0 Å². The molecule has 0 fully saturated rings. The summed E-state index contributed by atoms with van der Waals surface area (Å²) in [5.41, 5.74) is 16.4. The highest BCUT2D eigenvalue weighted by Crippen LogP contribution is 2.50. The predicted octanol–water partition coefficient (Wildman–Crippen LogP) is 11.8. The summed E-state index contributed by atoms with van der Waals surface area (Å²) in [4.78, 5) is 0. The molecule has 8 aromatic rings. The molecule has 0 bridgehead atoms. The molecular formula is C44H30. The van der Waals surface area contributed by atoms with Gasteiger partial charge in [-0.2, -0.15) is 0 Å². The maximum atomic E-state index is 2.45. The fourth-order valence-corrected chi connectivity index (χ4v) is 8.49. The van der Waals surface area contributed by atoms with Crippen LogP contribution in [0.3, 0.4) is 0 Å². The Kier molecular flexibility index (Phi) is 4.66. The summed E-state index contributed by atoms with van der Waals surface area (Å²) in [6.45, 7) is 4.73. The van der Waals surface area contributed by atoms with Crippen LogP contribution in [0, 0.1) is 0 Å². The van der Waals surface area contributed by atoms with Crippen molar-refractivity contribution < 1.29 is 0 Å².